The molecular formula is C14H10ClN7O2. The first-order valence-electron chi connectivity index (χ1n) is 6.94. The second kappa shape index (κ2) is 5.53. The van der Waals surface area contributed by atoms with Crippen molar-refractivity contribution in [3.63, 3.8) is 0 Å². The second-order valence-corrected chi connectivity index (χ2v) is 5.37. The third-order valence-electron chi connectivity index (χ3n) is 3.49. The first-order valence-corrected chi connectivity index (χ1v) is 7.32. The van der Waals surface area contributed by atoms with Crippen LogP contribution < -0.4 is 0 Å². The minimum Gasteiger partial charge on any atom is -0.469 e. The van der Waals surface area contributed by atoms with Crippen molar-refractivity contribution in [3.05, 3.63) is 41.3 Å². The van der Waals surface area contributed by atoms with E-state index in [9.17, 15) is 4.79 Å². The topological polar surface area (TPSA) is 100 Å². The molecule has 0 fully saturated rings. The lowest BCUT2D eigenvalue weighted by molar-refractivity contribution is -0.139. The molecule has 0 aliphatic heterocycles. The van der Waals surface area contributed by atoms with Crippen LogP contribution >= 0.6 is 11.6 Å². The molecule has 0 bridgehead atoms. The van der Waals surface area contributed by atoms with Crippen molar-refractivity contribution in [1.82, 2.24) is 34.6 Å². The summed E-state index contributed by atoms with van der Waals surface area (Å²) in [7, 11) is 1.32. The summed E-state index contributed by atoms with van der Waals surface area (Å²) in [4.78, 5) is 15.7. The minimum atomic E-state index is -0.418. The van der Waals surface area contributed by atoms with Gasteiger partial charge in [0.25, 0.3) is 5.78 Å². The Morgan fingerprint density at radius 1 is 1.25 bits per heavy atom. The van der Waals surface area contributed by atoms with Crippen LogP contribution in [0, 0.1) is 0 Å². The zero-order valence-corrected chi connectivity index (χ0v) is 13.2. The summed E-state index contributed by atoms with van der Waals surface area (Å²) in [6.45, 7) is 0. The monoisotopic (exact) mass is 343 g/mol. The summed E-state index contributed by atoms with van der Waals surface area (Å²) >= 11 is 5.95. The summed E-state index contributed by atoms with van der Waals surface area (Å²) in [5, 5.41) is 17.4. The van der Waals surface area contributed by atoms with Crippen LogP contribution in [0.15, 0.2) is 30.6 Å². The molecule has 3 heterocycles. The van der Waals surface area contributed by atoms with Gasteiger partial charge in [-0.2, -0.15) is 19.7 Å². The van der Waals surface area contributed by atoms with Crippen LogP contribution in [-0.4, -0.2) is 47.7 Å². The zero-order valence-electron chi connectivity index (χ0n) is 12.4. The predicted molar refractivity (Wildman–Crippen MR) is 83.9 cm³/mol. The number of nitrogens with zero attached hydrogens (tertiary/aromatic N) is 7. The van der Waals surface area contributed by atoms with Crippen molar-refractivity contribution in [1.29, 1.82) is 0 Å². The van der Waals surface area contributed by atoms with E-state index >= 15 is 0 Å². The first kappa shape index (κ1) is 14.5. The van der Waals surface area contributed by atoms with Gasteiger partial charge in [0.15, 0.2) is 11.2 Å². The molecule has 3 aromatic heterocycles. The van der Waals surface area contributed by atoms with Crippen LogP contribution in [0.4, 0.5) is 0 Å². The molecule has 0 atom stereocenters. The Bertz CT molecular complexity index is 1050. The minimum absolute atomic E-state index is 0.0253. The van der Waals surface area contributed by atoms with E-state index in [1.165, 1.54) is 18.0 Å². The van der Waals surface area contributed by atoms with Crippen molar-refractivity contribution in [3.8, 4) is 5.69 Å². The average Bonchev–Trinajstić information content (AvgIpc) is 3.20. The fourth-order valence-electron chi connectivity index (χ4n) is 2.38. The number of methoxy groups -OCH3 is 1. The molecule has 0 aliphatic carbocycles. The number of benzene rings is 1. The van der Waals surface area contributed by atoms with Gasteiger partial charge >= 0.3 is 5.97 Å². The van der Waals surface area contributed by atoms with E-state index in [-0.39, 0.29) is 6.42 Å². The summed E-state index contributed by atoms with van der Waals surface area (Å²) in [5.41, 5.74) is 2.19. The highest BCUT2D eigenvalue weighted by Gasteiger charge is 2.20. The number of fused-ring (bicyclic) bond motifs is 3. The van der Waals surface area contributed by atoms with Gasteiger partial charge in [0.2, 0.25) is 0 Å². The number of aromatic nitrogens is 7. The highest BCUT2D eigenvalue weighted by Crippen LogP contribution is 2.22. The van der Waals surface area contributed by atoms with Gasteiger partial charge in [0, 0.05) is 5.02 Å². The Balaban J connectivity index is 2.01. The van der Waals surface area contributed by atoms with E-state index < -0.39 is 5.97 Å². The van der Waals surface area contributed by atoms with Crippen LogP contribution in [0.1, 0.15) is 5.69 Å². The van der Waals surface area contributed by atoms with Gasteiger partial charge in [0.1, 0.15) is 12.0 Å². The smallest absolute Gasteiger partial charge is 0.311 e. The lowest BCUT2D eigenvalue weighted by Crippen LogP contribution is -2.06. The summed E-state index contributed by atoms with van der Waals surface area (Å²) in [5.74, 6) is -0.0830. The van der Waals surface area contributed by atoms with Crippen LogP contribution in [0.2, 0.25) is 5.02 Å². The molecule has 0 saturated heterocycles. The van der Waals surface area contributed by atoms with Crippen molar-refractivity contribution in [2.75, 3.05) is 7.11 Å². The van der Waals surface area contributed by atoms with Gasteiger partial charge in [-0.05, 0) is 24.3 Å². The average molecular weight is 344 g/mol. The summed E-state index contributed by atoms with van der Waals surface area (Å²) in [6.07, 6.45) is 1.35. The molecule has 9 nitrogen and oxygen atoms in total. The molecular weight excluding hydrogens is 334 g/mol. The van der Waals surface area contributed by atoms with Crippen molar-refractivity contribution >= 4 is 34.5 Å². The lowest BCUT2D eigenvalue weighted by atomic mass is 10.3. The number of carbonyl (C=O) groups excluding carboxylic acids is 1. The van der Waals surface area contributed by atoms with Crippen LogP contribution in [0.5, 0.6) is 0 Å². The van der Waals surface area contributed by atoms with Crippen molar-refractivity contribution in [2.45, 2.75) is 6.42 Å². The molecule has 0 saturated carbocycles. The summed E-state index contributed by atoms with van der Waals surface area (Å²) < 4.78 is 7.86. The molecule has 0 N–H and O–H groups in total. The standard InChI is InChI=1S/C14H10ClN7O2/c1-24-11(23)6-10-12-13(22-14(19-18-12)16-7-17-22)21(20-10)9-4-2-8(15)3-5-9/h2-5,7H,6H2,1H3. The van der Waals surface area contributed by atoms with Gasteiger partial charge in [-0.15, -0.1) is 10.2 Å². The van der Waals surface area contributed by atoms with Crippen LogP contribution in [0.3, 0.4) is 0 Å². The SMILES string of the molecule is COC(=O)Cc1nn(-c2ccc(Cl)cc2)c2c1nnc1ncnn12. The fraction of sp³-hybridized carbons (Fsp3) is 0.143. The number of rotatable bonds is 3. The Kier molecular flexibility index (Phi) is 3.35. The van der Waals surface area contributed by atoms with Crippen LogP contribution in [-0.2, 0) is 16.0 Å². The number of esters is 1. The lowest BCUT2D eigenvalue weighted by Gasteiger charge is -2.03. The van der Waals surface area contributed by atoms with E-state index in [1.54, 1.807) is 28.9 Å². The van der Waals surface area contributed by atoms with E-state index in [4.69, 9.17) is 16.3 Å². The Labute approximate surface area is 139 Å². The Morgan fingerprint density at radius 2 is 2.04 bits per heavy atom. The maximum atomic E-state index is 11.7. The summed E-state index contributed by atoms with van der Waals surface area (Å²) in [6, 6.07) is 7.11. The van der Waals surface area contributed by atoms with E-state index in [1.807, 2.05) is 0 Å². The Hall–Kier alpha value is -3.07. The Morgan fingerprint density at radius 3 is 2.79 bits per heavy atom. The molecule has 0 radical (unpaired) electrons. The van der Waals surface area contributed by atoms with Gasteiger partial charge in [-0.1, -0.05) is 11.6 Å². The first-order chi connectivity index (χ1) is 11.7. The molecule has 1 aromatic carbocycles. The normalized spacial score (nSPS) is 11.2. The molecule has 120 valence electrons. The molecule has 4 rings (SSSR count). The third-order valence-corrected chi connectivity index (χ3v) is 3.74. The van der Waals surface area contributed by atoms with Gasteiger partial charge in [-0.25, -0.2) is 4.68 Å². The quantitative estimate of drug-likeness (QED) is 0.516. The maximum absolute atomic E-state index is 11.7. The van der Waals surface area contributed by atoms with Crippen molar-refractivity contribution < 1.29 is 9.53 Å². The zero-order chi connectivity index (χ0) is 16.7. The van der Waals surface area contributed by atoms with E-state index in [0.717, 1.165) is 5.69 Å². The molecule has 10 heteroatoms. The highest BCUT2D eigenvalue weighted by atomic mass is 35.5. The van der Waals surface area contributed by atoms with E-state index in [2.05, 4.69) is 25.4 Å². The molecule has 4 aromatic rings. The molecule has 0 amide bonds. The number of hydrogen-bond donors (Lipinski definition) is 0. The largest absolute Gasteiger partial charge is 0.469 e. The molecule has 24 heavy (non-hydrogen) atoms. The van der Waals surface area contributed by atoms with Crippen LogP contribution in [0.25, 0.3) is 22.6 Å². The molecule has 0 spiro atoms. The fourth-order valence-corrected chi connectivity index (χ4v) is 2.50. The van der Waals surface area contributed by atoms with Gasteiger partial charge < -0.3 is 4.74 Å². The maximum Gasteiger partial charge on any atom is 0.311 e. The van der Waals surface area contributed by atoms with E-state index in [0.29, 0.717) is 27.7 Å². The molecule has 0 aliphatic rings. The van der Waals surface area contributed by atoms with Crippen molar-refractivity contribution in [2.24, 2.45) is 0 Å². The van der Waals surface area contributed by atoms with Gasteiger partial charge in [-0.3, -0.25) is 4.79 Å². The third kappa shape index (κ3) is 2.26. The number of carbonyl (C=O) groups is 1. The highest BCUT2D eigenvalue weighted by molar-refractivity contribution is 6.30. The molecule has 0 unspecified atom stereocenters. The number of hydrogen-bond acceptors (Lipinski definition) is 7. The second-order valence-electron chi connectivity index (χ2n) is 4.93. The number of halogens is 1. The number of ether oxygens (including phenoxy) is 1. The van der Waals surface area contributed by atoms with Gasteiger partial charge in [0.05, 0.1) is 19.2 Å². The predicted octanol–water partition coefficient (Wildman–Crippen LogP) is 1.23.